The minimum atomic E-state index is -3.56. The first-order valence-corrected chi connectivity index (χ1v) is 12.4. The highest BCUT2D eigenvalue weighted by atomic mass is 32.2. The highest BCUT2D eigenvalue weighted by Crippen LogP contribution is 2.37. The highest BCUT2D eigenvalue weighted by Gasteiger charge is 2.39. The van der Waals surface area contributed by atoms with Crippen LogP contribution in [0.25, 0.3) is 11.1 Å². The highest BCUT2D eigenvalue weighted by molar-refractivity contribution is 7.89. The summed E-state index contributed by atoms with van der Waals surface area (Å²) in [7, 11) is -3.56. The van der Waals surface area contributed by atoms with Gasteiger partial charge in [-0.2, -0.15) is 4.31 Å². The molecule has 0 saturated carbocycles. The summed E-state index contributed by atoms with van der Waals surface area (Å²) in [6, 6.07) is 19.5. The number of fused-ring (bicyclic) bond motifs is 4. The molecule has 5 rings (SSSR count). The van der Waals surface area contributed by atoms with E-state index in [4.69, 9.17) is 0 Å². The molecule has 170 valence electrons. The zero-order valence-corrected chi connectivity index (χ0v) is 19.1. The van der Waals surface area contributed by atoms with Gasteiger partial charge in [0, 0.05) is 49.4 Å². The Morgan fingerprint density at radius 3 is 2.36 bits per heavy atom. The lowest BCUT2D eigenvalue weighted by Gasteiger charge is -2.42. The standard InChI is InChI=1S/C25H25N3O4S/c1-17(29)26-21-9-7-19(8-10-21)23-11-12-24-20-13-18(15-28(24)25(23)30)14-27(16-20)33(31,32)22-5-3-2-4-6-22/h2-12,18,20H,13-16H2,1H3,(H,26,29). The van der Waals surface area contributed by atoms with Crippen LogP contribution in [0.4, 0.5) is 5.69 Å². The van der Waals surface area contributed by atoms with Gasteiger partial charge in [0.05, 0.1) is 4.90 Å². The van der Waals surface area contributed by atoms with Gasteiger partial charge in [-0.05, 0) is 54.3 Å². The van der Waals surface area contributed by atoms with Gasteiger partial charge >= 0.3 is 0 Å². The van der Waals surface area contributed by atoms with Crippen molar-refractivity contribution in [2.75, 3.05) is 18.4 Å². The maximum absolute atomic E-state index is 13.4. The molecule has 2 bridgehead atoms. The molecule has 1 fully saturated rings. The van der Waals surface area contributed by atoms with E-state index in [9.17, 15) is 18.0 Å². The second-order valence-corrected chi connectivity index (χ2v) is 10.7. The molecule has 0 aliphatic carbocycles. The molecule has 8 heteroatoms. The van der Waals surface area contributed by atoms with Gasteiger partial charge in [-0.15, -0.1) is 0 Å². The number of piperidine rings is 1. The summed E-state index contributed by atoms with van der Waals surface area (Å²) in [6.07, 6.45) is 0.880. The number of carbonyl (C=O) groups is 1. The third kappa shape index (κ3) is 4.00. The van der Waals surface area contributed by atoms with Gasteiger partial charge < -0.3 is 9.88 Å². The van der Waals surface area contributed by atoms with Crippen LogP contribution in [0, 0.1) is 5.92 Å². The van der Waals surface area contributed by atoms with Crippen molar-refractivity contribution >= 4 is 21.6 Å². The molecule has 0 radical (unpaired) electrons. The van der Waals surface area contributed by atoms with Gasteiger partial charge in [0.25, 0.3) is 5.56 Å². The van der Waals surface area contributed by atoms with E-state index < -0.39 is 10.0 Å². The molecular weight excluding hydrogens is 438 g/mol. The van der Waals surface area contributed by atoms with Crippen LogP contribution in [0.5, 0.6) is 0 Å². The molecule has 0 spiro atoms. The summed E-state index contributed by atoms with van der Waals surface area (Å²) in [4.78, 5) is 24.9. The molecule has 1 saturated heterocycles. The lowest BCUT2D eigenvalue weighted by molar-refractivity contribution is -0.114. The van der Waals surface area contributed by atoms with Crippen LogP contribution in [0.15, 0.2) is 76.4 Å². The van der Waals surface area contributed by atoms with E-state index in [1.54, 1.807) is 46.8 Å². The van der Waals surface area contributed by atoms with Gasteiger partial charge in [0.2, 0.25) is 15.9 Å². The number of hydrogen-bond acceptors (Lipinski definition) is 4. The predicted octanol–water partition coefficient (Wildman–Crippen LogP) is 3.28. The number of sulfonamides is 1. The number of hydrogen-bond donors (Lipinski definition) is 1. The van der Waals surface area contributed by atoms with Crippen molar-refractivity contribution in [2.24, 2.45) is 5.92 Å². The first kappa shape index (κ1) is 21.6. The largest absolute Gasteiger partial charge is 0.326 e. The fourth-order valence-electron chi connectivity index (χ4n) is 5.00. The minimum Gasteiger partial charge on any atom is -0.326 e. The number of nitrogens with one attached hydrogen (secondary N) is 1. The van der Waals surface area contributed by atoms with Crippen molar-refractivity contribution < 1.29 is 13.2 Å². The first-order valence-electron chi connectivity index (χ1n) is 11.0. The zero-order valence-electron chi connectivity index (χ0n) is 18.3. The number of anilines is 1. The van der Waals surface area contributed by atoms with Crippen molar-refractivity contribution in [2.45, 2.75) is 30.7 Å². The lowest BCUT2D eigenvalue weighted by Crippen LogP contribution is -2.49. The zero-order chi connectivity index (χ0) is 23.2. The summed E-state index contributed by atoms with van der Waals surface area (Å²) >= 11 is 0. The second kappa shape index (κ2) is 8.28. The fraction of sp³-hybridized carbons (Fsp3) is 0.280. The average molecular weight is 464 g/mol. The number of pyridine rings is 1. The molecule has 2 atom stereocenters. The Balaban J connectivity index is 1.44. The first-order chi connectivity index (χ1) is 15.8. The smallest absolute Gasteiger partial charge is 0.258 e. The maximum Gasteiger partial charge on any atom is 0.258 e. The summed E-state index contributed by atoms with van der Waals surface area (Å²) in [5, 5.41) is 2.73. The Bertz CT molecular complexity index is 1370. The van der Waals surface area contributed by atoms with Gasteiger partial charge in [-0.3, -0.25) is 9.59 Å². The third-order valence-corrected chi connectivity index (χ3v) is 8.31. The normalized spacial score (nSPS) is 20.2. The maximum atomic E-state index is 13.4. The van der Waals surface area contributed by atoms with Crippen LogP contribution in [-0.4, -0.2) is 36.3 Å². The van der Waals surface area contributed by atoms with Crippen molar-refractivity contribution in [3.63, 3.8) is 0 Å². The molecule has 2 unspecified atom stereocenters. The summed E-state index contributed by atoms with van der Waals surface area (Å²) in [6.45, 7) is 2.74. The minimum absolute atomic E-state index is 0.0140. The summed E-state index contributed by atoms with van der Waals surface area (Å²) in [5.74, 6) is -0.0730. The van der Waals surface area contributed by atoms with Gasteiger partial charge in [-0.1, -0.05) is 30.3 Å². The second-order valence-electron chi connectivity index (χ2n) is 8.78. The molecule has 33 heavy (non-hydrogen) atoms. The Morgan fingerprint density at radius 2 is 1.67 bits per heavy atom. The van der Waals surface area contributed by atoms with E-state index in [1.165, 1.54) is 6.92 Å². The number of rotatable bonds is 4. The lowest BCUT2D eigenvalue weighted by atomic mass is 9.84. The van der Waals surface area contributed by atoms with Crippen molar-refractivity contribution in [3.05, 3.63) is 82.8 Å². The number of aromatic nitrogens is 1. The van der Waals surface area contributed by atoms with Crippen LogP contribution in [0.2, 0.25) is 0 Å². The van der Waals surface area contributed by atoms with Gasteiger partial charge in [-0.25, -0.2) is 8.42 Å². The Labute approximate surface area is 192 Å². The molecule has 1 aromatic heterocycles. The van der Waals surface area contributed by atoms with E-state index in [0.717, 1.165) is 17.7 Å². The van der Waals surface area contributed by atoms with Crippen LogP contribution in [-0.2, 0) is 21.4 Å². The van der Waals surface area contributed by atoms with E-state index in [0.29, 0.717) is 35.8 Å². The molecule has 3 heterocycles. The average Bonchev–Trinajstić information content (AvgIpc) is 2.80. The Kier molecular flexibility index (Phi) is 5.42. The topological polar surface area (TPSA) is 88.5 Å². The molecule has 2 aliphatic rings. The molecule has 7 nitrogen and oxygen atoms in total. The fourth-order valence-corrected chi connectivity index (χ4v) is 6.58. The van der Waals surface area contributed by atoms with E-state index >= 15 is 0 Å². The van der Waals surface area contributed by atoms with Crippen LogP contribution in [0.3, 0.4) is 0 Å². The molecular formula is C25H25N3O4S. The van der Waals surface area contributed by atoms with Crippen LogP contribution < -0.4 is 10.9 Å². The van der Waals surface area contributed by atoms with Crippen molar-refractivity contribution in [1.29, 1.82) is 0 Å². The SMILES string of the molecule is CC(=O)Nc1ccc(-c2ccc3n(c2=O)CC2CC3CN(S(=O)(=O)c3ccccc3)C2)cc1. The molecule has 1 N–H and O–H groups in total. The summed E-state index contributed by atoms with van der Waals surface area (Å²) in [5.41, 5.74) is 2.89. The molecule has 1 amide bonds. The molecule has 2 aliphatic heterocycles. The van der Waals surface area contributed by atoms with Crippen molar-refractivity contribution in [1.82, 2.24) is 8.87 Å². The monoisotopic (exact) mass is 463 g/mol. The number of amides is 1. The number of nitrogens with zero attached hydrogens (tertiary/aromatic N) is 2. The number of carbonyl (C=O) groups excluding carboxylic acids is 1. The van der Waals surface area contributed by atoms with Crippen LogP contribution in [0.1, 0.15) is 25.0 Å². The predicted molar refractivity (Wildman–Crippen MR) is 126 cm³/mol. The molecule has 2 aromatic carbocycles. The van der Waals surface area contributed by atoms with Crippen LogP contribution >= 0.6 is 0 Å². The molecule has 3 aromatic rings. The number of benzene rings is 2. The quantitative estimate of drug-likeness (QED) is 0.643. The Morgan fingerprint density at radius 1 is 0.939 bits per heavy atom. The van der Waals surface area contributed by atoms with E-state index in [2.05, 4.69) is 5.32 Å². The Hall–Kier alpha value is -3.23. The van der Waals surface area contributed by atoms with E-state index in [-0.39, 0.29) is 23.3 Å². The van der Waals surface area contributed by atoms with E-state index in [1.807, 2.05) is 28.8 Å². The van der Waals surface area contributed by atoms with Gasteiger partial charge in [0.1, 0.15) is 0 Å². The van der Waals surface area contributed by atoms with Crippen molar-refractivity contribution in [3.8, 4) is 11.1 Å². The summed E-state index contributed by atoms with van der Waals surface area (Å²) < 4.78 is 29.7. The third-order valence-electron chi connectivity index (χ3n) is 6.47. The van der Waals surface area contributed by atoms with Gasteiger partial charge in [0.15, 0.2) is 0 Å².